The van der Waals surface area contributed by atoms with E-state index in [1.807, 2.05) is 12.1 Å². The molecule has 3 heteroatoms. The molecule has 2 aromatic carbocycles. The summed E-state index contributed by atoms with van der Waals surface area (Å²) < 4.78 is 11.4. The number of halogens is 1. The smallest absolute Gasteiger partial charge is 0.169 e. The molecule has 0 saturated heterocycles. The van der Waals surface area contributed by atoms with Gasteiger partial charge in [-0.25, -0.2) is 0 Å². The van der Waals surface area contributed by atoms with E-state index in [0.29, 0.717) is 12.5 Å². The molecule has 0 spiro atoms. The van der Waals surface area contributed by atoms with Crippen molar-refractivity contribution in [1.29, 1.82) is 0 Å². The zero-order valence-corrected chi connectivity index (χ0v) is 12.2. The first-order chi connectivity index (χ1) is 9.85. The molecule has 0 unspecified atom stereocenters. The lowest BCUT2D eigenvalue weighted by Crippen LogP contribution is -2.09. The first-order valence-electron chi connectivity index (χ1n) is 6.82. The summed E-state index contributed by atoms with van der Waals surface area (Å²) >= 11 is 5.84. The molecule has 1 aliphatic heterocycles. The fourth-order valence-electron chi connectivity index (χ4n) is 2.71. The van der Waals surface area contributed by atoms with Gasteiger partial charge in [0.1, 0.15) is 6.61 Å². The van der Waals surface area contributed by atoms with Crippen molar-refractivity contribution in [3.63, 3.8) is 0 Å². The molecule has 104 valence electrons. The van der Waals surface area contributed by atoms with Gasteiger partial charge in [-0.3, -0.25) is 0 Å². The predicted molar refractivity (Wildman–Crippen MR) is 81.8 cm³/mol. The van der Waals surface area contributed by atoms with Gasteiger partial charge in [0.05, 0.1) is 7.11 Å². The largest absolute Gasteiger partial charge is 0.493 e. The van der Waals surface area contributed by atoms with E-state index < -0.39 is 0 Å². The first kappa shape index (κ1) is 13.3. The van der Waals surface area contributed by atoms with Crippen LogP contribution in [0.1, 0.15) is 17.5 Å². The maximum atomic E-state index is 5.93. The maximum Gasteiger partial charge on any atom is 0.169 e. The van der Waals surface area contributed by atoms with Crippen LogP contribution in [0.3, 0.4) is 0 Å². The molecular weight excluding hydrogens is 272 g/mol. The van der Waals surface area contributed by atoms with E-state index in [4.69, 9.17) is 21.1 Å². The number of hydrogen-bond acceptors (Lipinski definition) is 2. The average Bonchev–Trinajstić information content (AvgIpc) is 2.52. The van der Waals surface area contributed by atoms with Gasteiger partial charge in [0.2, 0.25) is 0 Å². The summed E-state index contributed by atoms with van der Waals surface area (Å²) in [5.74, 6) is 2.32. The molecule has 0 N–H and O–H groups in total. The second kappa shape index (κ2) is 5.76. The van der Waals surface area contributed by atoms with Crippen molar-refractivity contribution in [3.05, 3.63) is 47.5 Å². The maximum absolute atomic E-state index is 5.93. The third kappa shape index (κ3) is 2.25. The van der Waals surface area contributed by atoms with Gasteiger partial charge in [0, 0.05) is 11.4 Å². The molecular formula is C17H17ClO2. The monoisotopic (exact) mass is 288 g/mol. The zero-order valence-electron chi connectivity index (χ0n) is 11.5. The average molecular weight is 289 g/mol. The molecule has 0 aliphatic carbocycles. The number of methoxy groups -OCH3 is 1. The number of hydrogen-bond donors (Lipinski definition) is 0. The van der Waals surface area contributed by atoms with Crippen LogP contribution in [-0.4, -0.2) is 13.0 Å². The van der Waals surface area contributed by atoms with Crippen LogP contribution in [0.2, 0.25) is 0 Å². The van der Waals surface area contributed by atoms with Crippen LogP contribution in [0.15, 0.2) is 36.4 Å². The number of ether oxygens (including phenoxy) is 2. The summed E-state index contributed by atoms with van der Waals surface area (Å²) in [4.78, 5) is 0. The Morgan fingerprint density at radius 1 is 1.20 bits per heavy atom. The summed E-state index contributed by atoms with van der Waals surface area (Å²) in [7, 11) is 1.68. The van der Waals surface area contributed by atoms with Crippen LogP contribution in [0, 0.1) is 0 Å². The van der Waals surface area contributed by atoms with Crippen molar-refractivity contribution in [2.75, 3.05) is 13.0 Å². The fraction of sp³-hybridized carbons (Fsp3) is 0.294. The molecule has 20 heavy (non-hydrogen) atoms. The van der Waals surface area contributed by atoms with Crippen molar-refractivity contribution in [1.82, 2.24) is 0 Å². The normalized spacial score (nSPS) is 12.3. The fourth-order valence-corrected chi connectivity index (χ4v) is 2.84. The first-order valence-corrected chi connectivity index (χ1v) is 7.35. The molecule has 3 rings (SSSR count). The van der Waals surface area contributed by atoms with Gasteiger partial charge in [-0.15, -0.1) is 11.6 Å². The van der Waals surface area contributed by atoms with Crippen molar-refractivity contribution in [2.24, 2.45) is 0 Å². The van der Waals surface area contributed by atoms with Crippen LogP contribution >= 0.6 is 11.6 Å². The van der Waals surface area contributed by atoms with E-state index in [1.54, 1.807) is 7.11 Å². The molecule has 0 saturated carbocycles. The Kier molecular flexibility index (Phi) is 3.83. The quantitative estimate of drug-likeness (QED) is 0.775. The van der Waals surface area contributed by atoms with Gasteiger partial charge in [-0.2, -0.15) is 0 Å². The molecule has 0 atom stereocenters. The standard InChI is InChI=1S/C17H17ClO2/c1-19-15-9-8-12(6-4-10-18)16-14-7-3-2-5-13(14)11-20-17(15)16/h2-3,5,7-9H,4,6,10-11H2,1H3. The van der Waals surface area contributed by atoms with E-state index in [0.717, 1.165) is 29.9 Å². The van der Waals surface area contributed by atoms with Crippen LogP contribution in [0.5, 0.6) is 11.5 Å². The molecule has 0 fully saturated rings. The van der Waals surface area contributed by atoms with E-state index in [9.17, 15) is 0 Å². The van der Waals surface area contributed by atoms with Crippen molar-refractivity contribution < 1.29 is 9.47 Å². The van der Waals surface area contributed by atoms with Gasteiger partial charge in [0.25, 0.3) is 0 Å². The highest BCUT2D eigenvalue weighted by molar-refractivity contribution is 6.17. The van der Waals surface area contributed by atoms with Crippen LogP contribution in [0.25, 0.3) is 11.1 Å². The number of alkyl halides is 1. The molecule has 2 nitrogen and oxygen atoms in total. The number of aryl methyl sites for hydroxylation is 1. The lowest BCUT2D eigenvalue weighted by Gasteiger charge is -2.25. The molecule has 0 amide bonds. The number of rotatable bonds is 4. The predicted octanol–water partition coefficient (Wildman–Crippen LogP) is 4.43. The Hall–Kier alpha value is -1.67. The molecule has 0 bridgehead atoms. The highest BCUT2D eigenvalue weighted by Crippen LogP contribution is 2.45. The SMILES string of the molecule is COc1ccc(CCCCl)c2c1OCc1ccccc1-2. The van der Waals surface area contributed by atoms with E-state index >= 15 is 0 Å². The summed E-state index contributed by atoms with van der Waals surface area (Å²) in [6.45, 7) is 0.596. The summed E-state index contributed by atoms with van der Waals surface area (Å²) in [6, 6.07) is 12.5. The van der Waals surface area contributed by atoms with E-state index in [2.05, 4.69) is 24.3 Å². The minimum absolute atomic E-state index is 0.596. The molecule has 0 aromatic heterocycles. The highest BCUT2D eigenvalue weighted by Gasteiger charge is 2.23. The number of fused-ring (bicyclic) bond motifs is 3. The highest BCUT2D eigenvalue weighted by atomic mass is 35.5. The van der Waals surface area contributed by atoms with Crippen molar-refractivity contribution >= 4 is 11.6 Å². The van der Waals surface area contributed by atoms with Crippen LogP contribution < -0.4 is 9.47 Å². The minimum atomic E-state index is 0.596. The van der Waals surface area contributed by atoms with E-state index in [-0.39, 0.29) is 0 Å². The summed E-state index contributed by atoms with van der Waals surface area (Å²) in [5.41, 5.74) is 4.91. The minimum Gasteiger partial charge on any atom is -0.493 e. The lowest BCUT2D eigenvalue weighted by molar-refractivity contribution is 0.281. The van der Waals surface area contributed by atoms with E-state index in [1.165, 1.54) is 16.7 Å². The Morgan fingerprint density at radius 2 is 2.05 bits per heavy atom. The van der Waals surface area contributed by atoms with Gasteiger partial charge in [0.15, 0.2) is 11.5 Å². The van der Waals surface area contributed by atoms with Gasteiger partial charge in [-0.05, 0) is 35.6 Å². The van der Waals surface area contributed by atoms with Crippen molar-refractivity contribution in [2.45, 2.75) is 19.4 Å². The summed E-state index contributed by atoms with van der Waals surface area (Å²) in [5, 5.41) is 0. The third-order valence-corrected chi connectivity index (χ3v) is 3.93. The molecule has 2 aromatic rings. The van der Waals surface area contributed by atoms with Gasteiger partial charge in [-0.1, -0.05) is 30.3 Å². The molecule has 1 heterocycles. The number of benzene rings is 2. The lowest BCUT2D eigenvalue weighted by atomic mass is 9.91. The second-order valence-electron chi connectivity index (χ2n) is 4.87. The zero-order chi connectivity index (χ0) is 13.9. The van der Waals surface area contributed by atoms with Gasteiger partial charge >= 0.3 is 0 Å². The Morgan fingerprint density at radius 3 is 2.85 bits per heavy atom. The Labute approximate surface area is 124 Å². The van der Waals surface area contributed by atoms with Crippen LogP contribution in [0.4, 0.5) is 0 Å². The summed E-state index contributed by atoms with van der Waals surface area (Å²) in [6.07, 6.45) is 1.91. The Balaban J connectivity index is 2.17. The molecule has 1 aliphatic rings. The Bertz CT molecular complexity index is 622. The van der Waals surface area contributed by atoms with Gasteiger partial charge < -0.3 is 9.47 Å². The van der Waals surface area contributed by atoms with Crippen LogP contribution in [-0.2, 0) is 13.0 Å². The topological polar surface area (TPSA) is 18.5 Å². The third-order valence-electron chi connectivity index (χ3n) is 3.67. The second-order valence-corrected chi connectivity index (χ2v) is 5.25. The van der Waals surface area contributed by atoms with Crippen molar-refractivity contribution in [3.8, 4) is 22.6 Å². The molecule has 0 radical (unpaired) electrons.